The number of nitrogens with two attached hydrogens (primary N) is 1. The van der Waals surface area contributed by atoms with Gasteiger partial charge in [-0.2, -0.15) is 13.2 Å². The van der Waals surface area contributed by atoms with Crippen LogP contribution >= 0.6 is 11.6 Å². The molecule has 3 atom stereocenters. The number of nitrogens with one attached hydrogen (secondary N) is 1. The number of primary amides is 1. The summed E-state index contributed by atoms with van der Waals surface area (Å²) in [6.07, 6.45) is -6.29. The molecule has 0 saturated carbocycles. The first-order valence-corrected chi connectivity index (χ1v) is 13.5. The molecule has 1 aromatic heterocycles. The highest BCUT2D eigenvalue weighted by Crippen LogP contribution is 2.37. The molecule has 0 spiro atoms. The first-order chi connectivity index (χ1) is 20.0. The highest BCUT2D eigenvalue weighted by atomic mass is 35.5. The number of alkyl halides is 3. The third-order valence-electron chi connectivity index (χ3n) is 7.18. The zero-order chi connectivity index (χ0) is 30.0. The number of hydrogen-bond acceptors (Lipinski definition) is 6. The molecule has 222 valence electrons. The maximum atomic E-state index is 13.8. The molecular weight excluding hydrogens is 579 g/mol. The van der Waals surface area contributed by atoms with Gasteiger partial charge in [0, 0.05) is 46.9 Å². The minimum absolute atomic E-state index is 0.0400. The number of rotatable bonds is 6. The molecule has 2 aliphatic rings. The smallest absolute Gasteiger partial charge is 0.376 e. The van der Waals surface area contributed by atoms with E-state index < -0.39 is 54.8 Å². The molecule has 3 N–H and O–H groups in total. The van der Waals surface area contributed by atoms with Crippen LogP contribution in [0.25, 0.3) is 11.1 Å². The Balaban J connectivity index is 1.55. The lowest BCUT2D eigenvalue weighted by Gasteiger charge is -2.29. The molecule has 3 heterocycles. The second kappa shape index (κ2) is 12.3. The molecule has 0 aliphatic carbocycles. The summed E-state index contributed by atoms with van der Waals surface area (Å²) in [7, 11) is 0. The lowest BCUT2D eigenvalue weighted by molar-refractivity contribution is -0.223. The molecule has 1 fully saturated rings. The van der Waals surface area contributed by atoms with Crippen molar-refractivity contribution in [2.24, 2.45) is 5.73 Å². The predicted octanol–water partition coefficient (Wildman–Crippen LogP) is 4.26. The summed E-state index contributed by atoms with van der Waals surface area (Å²) >= 11 is 6.20. The fourth-order valence-electron chi connectivity index (χ4n) is 5.05. The average molecular weight is 606 g/mol. The summed E-state index contributed by atoms with van der Waals surface area (Å²) in [6, 6.07) is 10.5. The van der Waals surface area contributed by atoms with Crippen LogP contribution < -0.4 is 16.6 Å². The zero-order valence-corrected chi connectivity index (χ0v) is 22.9. The molecular formula is C29H27ClF3N3O6. The molecule has 9 nitrogen and oxygen atoms in total. The number of ether oxygens (including phenoxy) is 3. The molecule has 3 aromatic rings. The second-order valence-corrected chi connectivity index (χ2v) is 10.5. The fraction of sp³-hybridized carbons (Fsp3) is 0.345. The van der Waals surface area contributed by atoms with Crippen molar-refractivity contribution in [3.8, 4) is 11.1 Å². The lowest BCUT2D eigenvalue weighted by atomic mass is 9.92. The van der Waals surface area contributed by atoms with Crippen molar-refractivity contribution in [2.45, 2.75) is 43.9 Å². The van der Waals surface area contributed by atoms with Crippen molar-refractivity contribution < 1.29 is 37.0 Å². The number of fused-ring (bicyclic) bond motifs is 3. The minimum Gasteiger partial charge on any atom is -0.376 e. The van der Waals surface area contributed by atoms with Crippen LogP contribution in [0.15, 0.2) is 59.5 Å². The third kappa shape index (κ3) is 6.67. The van der Waals surface area contributed by atoms with Gasteiger partial charge in [0.2, 0.25) is 11.8 Å². The number of amides is 2. The van der Waals surface area contributed by atoms with Crippen molar-refractivity contribution >= 4 is 29.1 Å². The van der Waals surface area contributed by atoms with E-state index in [4.69, 9.17) is 31.5 Å². The van der Waals surface area contributed by atoms with E-state index in [-0.39, 0.29) is 24.2 Å². The summed E-state index contributed by atoms with van der Waals surface area (Å²) in [5.74, 6) is -1.22. The molecule has 3 unspecified atom stereocenters. The van der Waals surface area contributed by atoms with Crippen molar-refractivity contribution in [3.63, 3.8) is 0 Å². The van der Waals surface area contributed by atoms with E-state index in [0.29, 0.717) is 40.6 Å². The molecule has 2 aromatic carbocycles. The summed E-state index contributed by atoms with van der Waals surface area (Å²) in [6.45, 7) is 0.422. The summed E-state index contributed by atoms with van der Waals surface area (Å²) < 4.78 is 59.1. The number of anilines is 1. The SMILES string of the molecule is NC(=O)c1ccc(NC(=O)C(CC2COCCO2)n2cc3c(cc2=O)-c2cc(Cl)ccc2CC(C(F)(F)F)OC3)cc1. The van der Waals surface area contributed by atoms with Gasteiger partial charge in [-0.3, -0.25) is 14.4 Å². The highest BCUT2D eigenvalue weighted by molar-refractivity contribution is 6.30. The van der Waals surface area contributed by atoms with Gasteiger partial charge in [0.1, 0.15) is 6.04 Å². The van der Waals surface area contributed by atoms with E-state index in [1.807, 2.05) is 0 Å². The Kier molecular flexibility index (Phi) is 8.69. The van der Waals surface area contributed by atoms with Crippen LogP contribution in [0.3, 0.4) is 0 Å². The molecule has 2 aliphatic heterocycles. The second-order valence-electron chi connectivity index (χ2n) is 10.1. The maximum absolute atomic E-state index is 13.8. The van der Waals surface area contributed by atoms with Crippen molar-refractivity contribution in [2.75, 3.05) is 25.1 Å². The Morgan fingerprint density at radius 3 is 2.45 bits per heavy atom. The first-order valence-electron chi connectivity index (χ1n) is 13.1. The highest BCUT2D eigenvalue weighted by Gasteiger charge is 2.42. The topological polar surface area (TPSA) is 122 Å². The Hall–Kier alpha value is -3.71. The van der Waals surface area contributed by atoms with E-state index in [9.17, 15) is 27.6 Å². The van der Waals surface area contributed by atoms with Crippen molar-refractivity contribution in [1.29, 1.82) is 0 Å². The fourth-order valence-corrected chi connectivity index (χ4v) is 5.22. The first kappa shape index (κ1) is 29.8. The standard InChI is InChI=1S/C29H27ClF3N3O6/c30-19-4-1-17-9-25(29(31,32)33)42-14-18-13-36(26(37)12-23(18)22(17)10-19)24(11-21-15-40-7-8-41-21)28(39)35-20-5-2-16(3-6-20)27(34)38/h1-6,10,12-13,21,24-25H,7-9,11,14-15H2,(H2,34,38)(H,35,39). The van der Waals surface area contributed by atoms with Gasteiger partial charge in [-0.25, -0.2) is 0 Å². The van der Waals surface area contributed by atoms with Gasteiger partial charge in [-0.05, 0) is 53.1 Å². The van der Waals surface area contributed by atoms with Gasteiger partial charge < -0.3 is 29.8 Å². The van der Waals surface area contributed by atoms with Crippen LogP contribution in [0.4, 0.5) is 18.9 Å². The number of nitrogens with zero attached hydrogens (tertiary/aromatic N) is 1. The third-order valence-corrected chi connectivity index (χ3v) is 7.42. The van der Waals surface area contributed by atoms with Crippen LogP contribution in [-0.4, -0.2) is 54.6 Å². The average Bonchev–Trinajstić information content (AvgIpc) is 2.94. The minimum atomic E-state index is -4.63. The number of hydrogen-bond donors (Lipinski definition) is 2. The molecule has 42 heavy (non-hydrogen) atoms. The van der Waals surface area contributed by atoms with Gasteiger partial charge in [0.15, 0.2) is 6.10 Å². The van der Waals surface area contributed by atoms with E-state index in [1.165, 1.54) is 59.3 Å². The molecule has 0 radical (unpaired) electrons. The molecule has 5 rings (SSSR count). The van der Waals surface area contributed by atoms with Crippen LogP contribution in [0.2, 0.25) is 5.02 Å². The summed E-state index contributed by atoms with van der Waals surface area (Å²) in [5.41, 5.74) is 6.66. The molecule has 0 bridgehead atoms. The van der Waals surface area contributed by atoms with E-state index in [1.54, 1.807) is 0 Å². The quantitative estimate of drug-likeness (QED) is 0.433. The Morgan fingerprint density at radius 1 is 1.05 bits per heavy atom. The van der Waals surface area contributed by atoms with Gasteiger partial charge in [0.25, 0.3) is 5.56 Å². The molecule has 2 amide bonds. The van der Waals surface area contributed by atoms with Gasteiger partial charge in [-0.1, -0.05) is 17.7 Å². The number of aromatic nitrogens is 1. The van der Waals surface area contributed by atoms with E-state index in [2.05, 4.69) is 5.32 Å². The molecule has 1 saturated heterocycles. The van der Waals surface area contributed by atoms with E-state index in [0.717, 1.165) is 0 Å². The molecule has 13 heteroatoms. The maximum Gasteiger partial charge on any atom is 0.414 e. The Bertz CT molecular complexity index is 1540. The Morgan fingerprint density at radius 2 is 1.79 bits per heavy atom. The van der Waals surface area contributed by atoms with Crippen LogP contribution in [0, 0.1) is 0 Å². The number of benzene rings is 2. The van der Waals surface area contributed by atoms with Crippen LogP contribution in [-0.2, 0) is 32.0 Å². The lowest BCUT2D eigenvalue weighted by Crippen LogP contribution is -2.39. The van der Waals surface area contributed by atoms with Gasteiger partial charge >= 0.3 is 6.18 Å². The van der Waals surface area contributed by atoms with Crippen molar-refractivity contribution in [3.05, 3.63) is 86.8 Å². The zero-order valence-electron chi connectivity index (χ0n) is 22.2. The predicted molar refractivity (Wildman–Crippen MR) is 147 cm³/mol. The van der Waals surface area contributed by atoms with Crippen LogP contribution in [0.1, 0.15) is 33.9 Å². The number of halogens is 4. The summed E-state index contributed by atoms with van der Waals surface area (Å²) in [4.78, 5) is 38.6. The summed E-state index contributed by atoms with van der Waals surface area (Å²) in [5, 5.41) is 3.03. The largest absolute Gasteiger partial charge is 0.414 e. The number of carbonyl (C=O) groups excluding carboxylic acids is 2. The van der Waals surface area contributed by atoms with Crippen molar-refractivity contribution in [1.82, 2.24) is 4.57 Å². The normalized spacial score (nSPS) is 19.5. The van der Waals surface area contributed by atoms with Gasteiger partial charge in [-0.15, -0.1) is 0 Å². The van der Waals surface area contributed by atoms with Gasteiger partial charge in [0.05, 0.1) is 32.5 Å². The Labute approximate surface area is 243 Å². The monoisotopic (exact) mass is 605 g/mol. The number of carbonyl (C=O) groups is 2. The van der Waals surface area contributed by atoms with Crippen LogP contribution in [0.5, 0.6) is 0 Å². The number of pyridine rings is 1. The van der Waals surface area contributed by atoms with E-state index >= 15 is 0 Å².